The molecule has 0 unspecified atom stereocenters. The summed E-state index contributed by atoms with van der Waals surface area (Å²) in [4.78, 5) is 0. The van der Waals surface area contributed by atoms with Gasteiger partial charge in [-0.3, -0.25) is 0 Å². The van der Waals surface area contributed by atoms with Crippen molar-refractivity contribution in [3.05, 3.63) is 58.8 Å². The Morgan fingerprint density at radius 1 is 1.06 bits per heavy atom. The third-order valence-electron chi connectivity index (χ3n) is 2.20. The average molecular weight is 325 g/mol. The largest absolute Gasteiger partial charge is 0.332 e. The maximum absolute atomic E-state index is 13.0. The van der Waals surface area contributed by atoms with Crippen molar-refractivity contribution in [2.45, 2.75) is 0 Å². The Labute approximate surface area is 118 Å². The molecule has 0 saturated carbocycles. The van der Waals surface area contributed by atoms with Crippen molar-refractivity contribution >= 4 is 44.6 Å². The van der Waals surface area contributed by atoms with Crippen molar-refractivity contribution < 1.29 is 4.39 Å². The van der Waals surface area contributed by atoms with E-state index in [0.29, 0.717) is 10.8 Å². The van der Waals surface area contributed by atoms with E-state index in [1.165, 1.54) is 12.1 Å². The quantitative estimate of drug-likeness (QED) is 0.801. The molecule has 0 atom stereocenters. The molecule has 0 heterocycles. The van der Waals surface area contributed by atoms with E-state index in [-0.39, 0.29) is 5.82 Å². The number of thiocarbonyl (C=S) groups is 1. The SMILES string of the molecule is Fc1cccc(NC(=S)Nc2ccccc2Br)c1. The number of anilines is 2. The summed E-state index contributed by atoms with van der Waals surface area (Å²) in [5.74, 6) is -0.302. The highest BCUT2D eigenvalue weighted by atomic mass is 79.9. The van der Waals surface area contributed by atoms with Crippen LogP contribution < -0.4 is 10.6 Å². The van der Waals surface area contributed by atoms with E-state index < -0.39 is 0 Å². The predicted octanol–water partition coefficient (Wildman–Crippen LogP) is 4.40. The lowest BCUT2D eigenvalue weighted by molar-refractivity contribution is 0.628. The second-order valence-corrected chi connectivity index (χ2v) is 4.83. The van der Waals surface area contributed by atoms with Gasteiger partial charge >= 0.3 is 0 Å². The second-order valence-electron chi connectivity index (χ2n) is 3.57. The van der Waals surface area contributed by atoms with Crippen LogP contribution in [-0.2, 0) is 0 Å². The summed E-state index contributed by atoms with van der Waals surface area (Å²) in [7, 11) is 0. The summed E-state index contributed by atoms with van der Waals surface area (Å²) < 4.78 is 13.9. The summed E-state index contributed by atoms with van der Waals surface area (Å²) in [6, 6.07) is 13.8. The first-order valence-corrected chi connectivity index (χ1v) is 6.43. The molecule has 2 aromatic rings. The molecular weight excluding hydrogens is 315 g/mol. The number of halogens is 2. The minimum atomic E-state index is -0.302. The molecule has 92 valence electrons. The maximum atomic E-state index is 13.0. The van der Waals surface area contributed by atoms with Gasteiger partial charge in [0, 0.05) is 10.2 Å². The fraction of sp³-hybridized carbons (Fsp3) is 0. The fourth-order valence-electron chi connectivity index (χ4n) is 1.41. The first-order chi connectivity index (χ1) is 8.65. The lowest BCUT2D eigenvalue weighted by atomic mass is 10.3. The van der Waals surface area contributed by atoms with Crippen LogP contribution in [-0.4, -0.2) is 5.11 Å². The molecule has 0 radical (unpaired) electrons. The normalized spacial score (nSPS) is 9.89. The highest BCUT2D eigenvalue weighted by molar-refractivity contribution is 9.10. The molecular formula is C13H10BrFN2S. The summed E-state index contributed by atoms with van der Waals surface area (Å²) in [5.41, 5.74) is 1.46. The van der Waals surface area contributed by atoms with Gasteiger partial charge in [-0.2, -0.15) is 0 Å². The first-order valence-electron chi connectivity index (χ1n) is 5.23. The molecule has 5 heteroatoms. The van der Waals surface area contributed by atoms with Crippen molar-refractivity contribution in [2.75, 3.05) is 10.6 Å². The molecule has 0 fully saturated rings. The van der Waals surface area contributed by atoms with Crippen molar-refractivity contribution in [3.8, 4) is 0 Å². The zero-order valence-corrected chi connectivity index (χ0v) is 11.7. The lowest BCUT2D eigenvalue weighted by Crippen LogP contribution is -2.19. The summed E-state index contributed by atoms with van der Waals surface area (Å²) in [6.07, 6.45) is 0. The van der Waals surface area contributed by atoms with E-state index in [2.05, 4.69) is 26.6 Å². The van der Waals surface area contributed by atoms with Gasteiger partial charge in [0.15, 0.2) is 5.11 Å². The third kappa shape index (κ3) is 3.51. The van der Waals surface area contributed by atoms with Gasteiger partial charge in [0.2, 0.25) is 0 Å². The molecule has 0 amide bonds. The summed E-state index contributed by atoms with van der Waals surface area (Å²) in [6.45, 7) is 0. The molecule has 2 N–H and O–H groups in total. The Morgan fingerprint density at radius 3 is 2.56 bits per heavy atom. The molecule has 0 spiro atoms. The fourth-order valence-corrected chi connectivity index (χ4v) is 2.03. The summed E-state index contributed by atoms with van der Waals surface area (Å²) >= 11 is 8.57. The van der Waals surface area contributed by atoms with Crippen LogP contribution in [0.3, 0.4) is 0 Å². The molecule has 0 aliphatic rings. The van der Waals surface area contributed by atoms with E-state index in [4.69, 9.17) is 12.2 Å². The molecule has 0 aliphatic carbocycles. The van der Waals surface area contributed by atoms with Crippen LogP contribution in [0.2, 0.25) is 0 Å². The summed E-state index contributed by atoms with van der Waals surface area (Å²) in [5, 5.41) is 6.36. The second kappa shape index (κ2) is 5.93. The zero-order valence-electron chi connectivity index (χ0n) is 9.28. The topological polar surface area (TPSA) is 24.1 Å². The highest BCUT2D eigenvalue weighted by Gasteiger charge is 2.02. The van der Waals surface area contributed by atoms with Gasteiger partial charge in [-0.1, -0.05) is 18.2 Å². The van der Waals surface area contributed by atoms with Crippen molar-refractivity contribution in [3.63, 3.8) is 0 Å². The number of benzene rings is 2. The van der Waals surface area contributed by atoms with Crippen LogP contribution in [0.4, 0.5) is 15.8 Å². The van der Waals surface area contributed by atoms with Crippen LogP contribution in [0.1, 0.15) is 0 Å². The predicted molar refractivity (Wildman–Crippen MR) is 80.4 cm³/mol. The third-order valence-corrected chi connectivity index (χ3v) is 3.10. The van der Waals surface area contributed by atoms with E-state index in [1.54, 1.807) is 12.1 Å². The number of hydrogen-bond donors (Lipinski definition) is 2. The smallest absolute Gasteiger partial charge is 0.175 e. The average Bonchev–Trinajstić information content (AvgIpc) is 2.32. The molecule has 18 heavy (non-hydrogen) atoms. The van der Waals surface area contributed by atoms with Crippen molar-refractivity contribution in [1.82, 2.24) is 0 Å². The van der Waals surface area contributed by atoms with Crippen LogP contribution >= 0.6 is 28.1 Å². The van der Waals surface area contributed by atoms with Gasteiger partial charge in [0.05, 0.1) is 5.69 Å². The molecule has 0 aromatic heterocycles. The van der Waals surface area contributed by atoms with Gasteiger partial charge in [0.1, 0.15) is 5.82 Å². The van der Waals surface area contributed by atoms with Gasteiger partial charge in [-0.15, -0.1) is 0 Å². The van der Waals surface area contributed by atoms with Crippen LogP contribution in [0.15, 0.2) is 53.0 Å². The van der Waals surface area contributed by atoms with Crippen molar-refractivity contribution in [1.29, 1.82) is 0 Å². The number of para-hydroxylation sites is 1. The Balaban J connectivity index is 2.03. The van der Waals surface area contributed by atoms with Crippen LogP contribution in [0.5, 0.6) is 0 Å². The first kappa shape index (κ1) is 13.0. The van der Waals surface area contributed by atoms with Gasteiger partial charge in [-0.25, -0.2) is 4.39 Å². The highest BCUT2D eigenvalue weighted by Crippen LogP contribution is 2.21. The van der Waals surface area contributed by atoms with Crippen molar-refractivity contribution in [2.24, 2.45) is 0 Å². The van der Waals surface area contributed by atoms with Gasteiger partial charge in [-0.05, 0) is 58.5 Å². The molecule has 0 saturated heterocycles. The van der Waals surface area contributed by atoms with E-state index in [9.17, 15) is 4.39 Å². The van der Waals surface area contributed by atoms with Crippen LogP contribution in [0, 0.1) is 5.82 Å². The maximum Gasteiger partial charge on any atom is 0.175 e. The van der Waals surface area contributed by atoms with Gasteiger partial charge < -0.3 is 10.6 Å². The Kier molecular flexibility index (Phi) is 4.28. The van der Waals surface area contributed by atoms with Gasteiger partial charge in [0.25, 0.3) is 0 Å². The Hall–Kier alpha value is -1.46. The molecule has 2 nitrogen and oxygen atoms in total. The van der Waals surface area contributed by atoms with Crippen LogP contribution in [0.25, 0.3) is 0 Å². The molecule has 0 bridgehead atoms. The standard InChI is InChI=1S/C13H10BrFN2S/c14-11-6-1-2-7-12(11)17-13(18)16-10-5-3-4-9(15)8-10/h1-8H,(H2,16,17,18). The Morgan fingerprint density at radius 2 is 1.83 bits per heavy atom. The number of hydrogen-bond acceptors (Lipinski definition) is 1. The molecule has 2 rings (SSSR count). The Bertz CT molecular complexity index is 574. The van der Waals surface area contributed by atoms with E-state index >= 15 is 0 Å². The minimum absolute atomic E-state index is 0.302. The van der Waals surface area contributed by atoms with E-state index in [0.717, 1.165) is 10.2 Å². The zero-order chi connectivity index (χ0) is 13.0. The monoisotopic (exact) mass is 324 g/mol. The van der Waals surface area contributed by atoms with E-state index in [1.807, 2.05) is 24.3 Å². The number of rotatable bonds is 2. The molecule has 2 aromatic carbocycles. The lowest BCUT2D eigenvalue weighted by Gasteiger charge is -2.11. The minimum Gasteiger partial charge on any atom is -0.332 e. The molecule has 0 aliphatic heterocycles. The number of nitrogens with one attached hydrogen (secondary N) is 2.